The van der Waals surface area contributed by atoms with Gasteiger partial charge < -0.3 is 4.42 Å². The quantitative estimate of drug-likeness (QED) is 0.510. The van der Waals surface area contributed by atoms with Crippen molar-refractivity contribution in [2.75, 3.05) is 0 Å². The average molecular weight is 358 g/mol. The highest BCUT2D eigenvalue weighted by molar-refractivity contribution is 7.99. The zero-order valence-electron chi connectivity index (χ0n) is 12.7. The molecule has 1 fully saturated rings. The first-order valence-corrected chi connectivity index (χ1v) is 8.85. The molecule has 1 aliphatic carbocycles. The van der Waals surface area contributed by atoms with Gasteiger partial charge in [0.25, 0.3) is 5.22 Å². The van der Waals surface area contributed by atoms with E-state index in [0.717, 1.165) is 40.4 Å². The van der Waals surface area contributed by atoms with Gasteiger partial charge in [-0.25, -0.2) is 9.50 Å². The number of aromatic nitrogens is 5. The number of fused-ring (bicyclic) bond motifs is 3. The first-order valence-electron chi connectivity index (χ1n) is 7.65. The predicted octanol–water partition coefficient (Wildman–Crippen LogP) is 4.26. The van der Waals surface area contributed by atoms with Gasteiger partial charge in [-0.1, -0.05) is 29.8 Å². The zero-order valence-corrected chi connectivity index (χ0v) is 14.3. The number of nitrogens with zero attached hydrogens (tertiary/aromatic N) is 5. The highest BCUT2D eigenvalue weighted by Crippen LogP contribution is 2.41. The van der Waals surface area contributed by atoms with E-state index in [1.54, 1.807) is 4.52 Å². The second-order valence-electron chi connectivity index (χ2n) is 5.85. The Balaban J connectivity index is 1.68. The summed E-state index contributed by atoms with van der Waals surface area (Å²) in [5, 5.41) is 15.6. The predicted molar refractivity (Wildman–Crippen MR) is 90.6 cm³/mol. The Bertz CT molecular complexity index is 1080. The third kappa shape index (κ3) is 2.19. The van der Waals surface area contributed by atoms with Gasteiger partial charge in [-0.15, -0.1) is 10.2 Å². The van der Waals surface area contributed by atoms with Gasteiger partial charge in [-0.3, -0.25) is 0 Å². The molecule has 0 bridgehead atoms. The standard InChI is InChI=1S/C16H12ClN5OS/c1-8-12(17)13-18-15(10-4-2-3-5-11(10)22(13)21-8)24-16-20-19-14(23-16)9-6-7-9/h2-5,9H,6-7H2,1H3. The molecule has 8 heteroatoms. The summed E-state index contributed by atoms with van der Waals surface area (Å²) in [5.41, 5.74) is 2.34. The fourth-order valence-electron chi connectivity index (χ4n) is 2.67. The van der Waals surface area contributed by atoms with E-state index in [1.807, 2.05) is 31.2 Å². The van der Waals surface area contributed by atoms with E-state index in [9.17, 15) is 0 Å². The summed E-state index contributed by atoms with van der Waals surface area (Å²) in [6.07, 6.45) is 2.26. The van der Waals surface area contributed by atoms with Crippen molar-refractivity contribution in [3.63, 3.8) is 0 Å². The Morgan fingerprint density at radius 2 is 2.08 bits per heavy atom. The minimum absolute atomic E-state index is 0.436. The fourth-order valence-corrected chi connectivity index (χ4v) is 3.62. The molecule has 0 unspecified atom stereocenters. The fraction of sp³-hybridized carbons (Fsp3) is 0.250. The summed E-state index contributed by atoms with van der Waals surface area (Å²) in [4.78, 5) is 4.69. The molecule has 3 aromatic heterocycles. The Kier molecular flexibility index (Phi) is 3.08. The molecule has 0 spiro atoms. The molecule has 5 rings (SSSR count). The van der Waals surface area contributed by atoms with Gasteiger partial charge in [-0.2, -0.15) is 5.10 Å². The SMILES string of the molecule is Cc1nn2c(nc(Sc3nnc(C4CC4)o3)c3ccccc32)c1Cl. The normalized spacial score (nSPS) is 14.8. The van der Waals surface area contributed by atoms with Crippen LogP contribution in [0.5, 0.6) is 0 Å². The first-order chi connectivity index (χ1) is 11.7. The van der Waals surface area contributed by atoms with E-state index >= 15 is 0 Å². The summed E-state index contributed by atoms with van der Waals surface area (Å²) >= 11 is 7.73. The number of rotatable bonds is 3. The lowest BCUT2D eigenvalue weighted by Gasteiger charge is -2.05. The van der Waals surface area contributed by atoms with Crippen LogP contribution in [0.3, 0.4) is 0 Å². The van der Waals surface area contributed by atoms with Gasteiger partial charge in [0.15, 0.2) is 5.65 Å². The molecule has 0 saturated heterocycles. The summed E-state index contributed by atoms with van der Waals surface area (Å²) in [6.45, 7) is 1.87. The lowest BCUT2D eigenvalue weighted by atomic mass is 10.2. The molecule has 1 saturated carbocycles. The van der Waals surface area contributed by atoms with E-state index in [-0.39, 0.29) is 0 Å². The van der Waals surface area contributed by atoms with Crippen LogP contribution in [0.2, 0.25) is 5.02 Å². The van der Waals surface area contributed by atoms with E-state index in [2.05, 4.69) is 15.3 Å². The lowest BCUT2D eigenvalue weighted by molar-refractivity contribution is 0.414. The maximum atomic E-state index is 6.36. The number of halogens is 1. The molecular weight excluding hydrogens is 346 g/mol. The van der Waals surface area contributed by atoms with E-state index in [0.29, 0.717) is 21.8 Å². The molecule has 0 amide bonds. The first kappa shape index (κ1) is 14.2. The second kappa shape index (κ2) is 5.19. The van der Waals surface area contributed by atoms with Gasteiger partial charge in [0.1, 0.15) is 10.0 Å². The maximum Gasteiger partial charge on any atom is 0.282 e. The number of benzene rings is 1. The van der Waals surface area contributed by atoms with Crippen molar-refractivity contribution in [3.05, 3.63) is 40.9 Å². The Labute approximate surface area is 146 Å². The molecule has 3 heterocycles. The van der Waals surface area contributed by atoms with E-state index in [4.69, 9.17) is 21.0 Å². The van der Waals surface area contributed by atoms with Crippen molar-refractivity contribution in [3.8, 4) is 0 Å². The van der Waals surface area contributed by atoms with Crippen molar-refractivity contribution in [1.82, 2.24) is 24.8 Å². The van der Waals surface area contributed by atoms with Crippen LogP contribution in [-0.2, 0) is 0 Å². The molecule has 24 heavy (non-hydrogen) atoms. The number of hydrogen-bond donors (Lipinski definition) is 0. The molecule has 120 valence electrons. The Morgan fingerprint density at radius 3 is 2.92 bits per heavy atom. The summed E-state index contributed by atoms with van der Waals surface area (Å²) in [5.74, 6) is 1.16. The van der Waals surface area contributed by atoms with Gasteiger partial charge in [0, 0.05) is 11.3 Å². The van der Waals surface area contributed by atoms with Crippen LogP contribution in [0.1, 0.15) is 30.3 Å². The van der Waals surface area contributed by atoms with Crippen molar-refractivity contribution in [2.24, 2.45) is 0 Å². The number of hydrogen-bond acceptors (Lipinski definition) is 6. The van der Waals surface area contributed by atoms with E-state index < -0.39 is 0 Å². The van der Waals surface area contributed by atoms with Gasteiger partial charge in [-0.05, 0) is 37.6 Å². The third-order valence-corrected chi connectivity index (χ3v) is 5.35. The number of para-hydroxylation sites is 1. The third-order valence-electron chi connectivity index (χ3n) is 4.07. The minimum Gasteiger partial charge on any atom is -0.415 e. The monoisotopic (exact) mass is 357 g/mol. The topological polar surface area (TPSA) is 69.1 Å². The van der Waals surface area contributed by atoms with Crippen LogP contribution in [0.25, 0.3) is 16.6 Å². The molecule has 1 aliphatic rings. The molecular formula is C16H12ClN5OS. The lowest BCUT2D eigenvalue weighted by Crippen LogP contribution is -1.95. The molecule has 0 N–H and O–H groups in total. The van der Waals surface area contributed by atoms with Crippen molar-refractivity contribution in [2.45, 2.75) is 35.9 Å². The molecule has 0 aliphatic heterocycles. The van der Waals surface area contributed by atoms with Crippen molar-refractivity contribution < 1.29 is 4.42 Å². The second-order valence-corrected chi connectivity index (χ2v) is 7.17. The maximum absolute atomic E-state index is 6.36. The molecule has 4 aromatic rings. The Hall–Kier alpha value is -2.12. The van der Waals surface area contributed by atoms with Gasteiger partial charge in [0.2, 0.25) is 5.89 Å². The van der Waals surface area contributed by atoms with Crippen LogP contribution >= 0.6 is 23.4 Å². The summed E-state index contributed by atoms with van der Waals surface area (Å²) in [7, 11) is 0. The smallest absolute Gasteiger partial charge is 0.282 e. The summed E-state index contributed by atoms with van der Waals surface area (Å²) in [6, 6.07) is 7.95. The van der Waals surface area contributed by atoms with Crippen molar-refractivity contribution in [1.29, 1.82) is 0 Å². The van der Waals surface area contributed by atoms with Crippen LogP contribution in [0.4, 0.5) is 0 Å². The number of aryl methyl sites for hydroxylation is 1. The van der Waals surface area contributed by atoms with E-state index in [1.165, 1.54) is 11.8 Å². The molecule has 1 aromatic carbocycles. The Morgan fingerprint density at radius 1 is 1.25 bits per heavy atom. The molecule has 6 nitrogen and oxygen atoms in total. The van der Waals surface area contributed by atoms with Crippen LogP contribution in [-0.4, -0.2) is 24.8 Å². The van der Waals surface area contributed by atoms with Crippen molar-refractivity contribution >= 4 is 39.9 Å². The van der Waals surface area contributed by atoms with Gasteiger partial charge in [0.05, 0.1) is 11.2 Å². The zero-order chi connectivity index (χ0) is 16.3. The van der Waals surface area contributed by atoms with Crippen LogP contribution in [0, 0.1) is 6.92 Å². The molecule has 0 atom stereocenters. The highest BCUT2D eigenvalue weighted by Gasteiger charge is 2.29. The average Bonchev–Trinajstić information content (AvgIpc) is 3.28. The van der Waals surface area contributed by atoms with Gasteiger partial charge >= 0.3 is 0 Å². The van der Waals surface area contributed by atoms with Crippen LogP contribution in [0.15, 0.2) is 38.9 Å². The highest BCUT2D eigenvalue weighted by atomic mass is 35.5. The van der Waals surface area contributed by atoms with Crippen LogP contribution < -0.4 is 0 Å². The largest absolute Gasteiger partial charge is 0.415 e. The minimum atomic E-state index is 0.436. The summed E-state index contributed by atoms with van der Waals surface area (Å²) < 4.78 is 7.53. The molecule has 0 radical (unpaired) electrons.